The van der Waals surface area contributed by atoms with E-state index in [-0.39, 0.29) is 12.4 Å². The van der Waals surface area contributed by atoms with Crippen molar-refractivity contribution in [1.82, 2.24) is 5.32 Å². The van der Waals surface area contributed by atoms with E-state index < -0.39 is 12.1 Å². The van der Waals surface area contributed by atoms with Crippen molar-refractivity contribution in [3.63, 3.8) is 0 Å². The molecule has 0 saturated heterocycles. The number of amides is 1. The van der Waals surface area contributed by atoms with Gasteiger partial charge in [0.25, 0.3) is 0 Å². The fourth-order valence-corrected chi connectivity index (χ4v) is 1.86. The standard InChI is InChI=1S/C17H17NO3/c1-13(16(19)15-10-6-3-7-11-15)18-17(20)21-12-14-8-4-2-5-9-14/h2-11,13H,12H2,1H3,(H,18,20). The van der Waals surface area contributed by atoms with Crippen molar-refractivity contribution in [2.75, 3.05) is 0 Å². The minimum absolute atomic E-state index is 0.146. The number of rotatable bonds is 5. The van der Waals surface area contributed by atoms with Crippen molar-refractivity contribution in [3.05, 3.63) is 71.8 Å². The molecule has 0 aliphatic heterocycles. The number of Topliss-reactive ketones (excluding diaryl/α,β-unsaturated/α-hetero) is 1. The molecule has 0 aliphatic rings. The van der Waals surface area contributed by atoms with Crippen LogP contribution in [0.3, 0.4) is 0 Å². The Kier molecular flexibility index (Phi) is 5.10. The molecule has 2 aromatic rings. The summed E-state index contributed by atoms with van der Waals surface area (Å²) in [6.45, 7) is 1.82. The van der Waals surface area contributed by atoms with Crippen LogP contribution in [-0.2, 0) is 11.3 Å². The Labute approximate surface area is 123 Å². The van der Waals surface area contributed by atoms with Crippen LogP contribution in [-0.4, -0.2) is 17.9 Å². The lowest BCUT2D eigenvalue weighted by molar-refractivity contribution is 0.0926. The monoisotopic (exact) mass is 283 g/mol. The van der Waals surface area contributed by atoms with Crippen LogP contribution in [0.25, 0.3) is 0 Å². The van der Waals surface area contributed by atoms with E-state index in [4.69, 9.17) is 4.74 Å². The van der Waals surface area contributed by atoms with Gasteiger partial charge in [0, 0.05) is 5.56 Å². The summed E-state index contributed by atoms with van der Waals surface area (Å²) in [7, 11) is 0. The number of ether oxygens (including phenoxy) is 1. The van der Waals surface area contributed by atoms with Crippen LogP contribution in [0.1, 0.15) is 22.8 Å². The lowest BCUT2D eigenvalue weighted by Crippen LogP contribution is -2.38. The molecule has 2 rings (SSSR count). The van der Waals surface area contributed by atoms with Gasteiger partial charge < -0.3 is 10.1 Å². The van der Waals surface area contributed by atoms with E-state index in [0.717, 1.165) is 5.56 Å². The van der Waals surface area contributed by atoms with Gasteiger partial charge in [0.15, 0.2) is 5.78 Å². The molecule has 0 spiro atoms. The van der Waals surface area contributed by atoms with E-state index in [9.17, 15) is 9.59 Å². The predicted octanol–water partition coefficient (Wildman–Crippen LogP) is 3.18. The number of hydrogen-bond acceptors (Lipinski definition) is 3. The van der Waals surface area contributed by atoms with E-state index in [2.05, 4.69) is 5.32 Å². The molecule has 0 bridgehead atoms. The summed E-state index contributed by atoms with van der Waals surface area (Å²) in [4.78, 5) is 23.8. The second-order valence-corrected chi connectivity index (χ2v) is 4.66. The van der Waals surface area contributed by atoms with Crippen molar-refractivity contribution in [3.8, 4) is 0 Å². The topological polar surface area (TPSA) is 55.4 Å². The summed E-state index contributed by atoms with van der Waals surface area (Å²) in [5.74, 6) is -0.146. The lowest BCUT2D eigenvalue weighted by Gasteiger charge is -2.13. The van der Waals surface area contributed by atoms with Crippen LogP contribution < -0.4 is 5.32 Å². The van der Waals surface area contributed by atoms with Crippen molar-refractivity contribution in [2.45, 2.75) is 19.6 Å². The Hall–Kier alpha value is -2.62. The summed E-state index contributed by atoms with van der Waals surface area (Å²) >= 11 is 0. The molecule has 0 radical (unpaired) electrons. The van der Waals surface area contributed by atoms with Crippen LogP contribution in [0, 0.1) is 0 Å². The maximum Gasteiger partial charge on any atom is 0.408 e. The molecule has 2 aromatic carbocycles. The van der Waals surface area contributed by atoms with Crippen LogP contribution in [0.5, 0.6) is 0 Å². The first-order valence-electron chi connectivity index (χ1n) is 6.73. The molecular formula is C17H17NO3. The highest BCUT2D eigenvalue weighted by Crippen LogP contribution is 2.04. The highest BCUT2D eigenvalue weighted by molar-refractivity contribution is 6.01. The number of carbonyl (C=O) groups excluding carboxylic acids is 2. The summed E-state index contributed by atoms with van der Waals surface area (Å²) in [6, 6.07) is 17.6. The van der Waals surface area contributed by atoms with Gasteiger partial charge in [-0.2, -0.15) is 0 Å². The summed E-state index contributed by atoms with van der Waals surface area (Å²) in [5.41, 5.74) is 1.46. The summed E-state index contributed by atoms with van der Waals surface area (Å²) < 4.78 is 5.08. The molecule has 0 aromatic heterocycles. The van der Waals surface area contributed by atoms with Gasteiger partial charge >= 0.3 is 6.09 Å². The molecule has 21 heavy (non-hydrogen) atoms. The summed E-state index contributed by atoms with van der Waals surface area (Å²) in [6.07, 6.45) is -0.601. The van der Waals surface area contributed by atoms with Gasteiger partial charge in [0.2, 0.25) is 0 Å². The smallest absolute Gasteiger partial charge is 0.408 e. The highest BCUT2D eigenvalue weighted by Gasteiger charge is 2.17. The normalized spacial score (nSPS) is 11.5. The number of hydrogen-bond donors (Lipinski definition) is 1. The predicted molar refractivity (Wildman–Crippen MR) is 80.0 cm³/mol. The van der Waals surface area contributed by atoms with Crippen molar-refractivity contribution in [1.29, 1.82) is 0 Å². The Morgan fingerprint density at radius 1 is 1.00 bits per heavy atom. The van der Waals surface area contributed by atoms with Crippen molar-refractivity contribution in [2.24, 2.45) is 0 Å². The molecule has 1 atom stereocenters. The molecular weight excluding hydrogens is 266 g/mol. The zero-order valence-electron chi connectivity index (χ0n) is 11.8. The van der Waals surface area contributed by atoms with Gasteiger partial charge in [-0.3, -0.25) is 4.79 Å². The number of alkyl carbamates (subject to hydrolysis) is 1. The van der Waals surface area contributed by atoms with Gasteiger partial charge in [-0.15, -0.1) is 0 Å². The quantitative estimate of drug-likeness (QED) is 0.857. The molecule has 108 valence electrons. The average Bonchev–Trinajstić information content (AvgIpc) is 2.54. The Morgan fingerprint density at radius 2 is 1.57 bits per heavy atom. The minimum atomic E-state index is -0.629. The Morgan fingerprint density at radius 3 is 2.19 bits per heavy atom. The Balaban J connectivity index is 1.83. The number of benzene rings is 2. The van der Waals surface area contributed by atoms with Gasteiger partial charge in [-0.05, 0) is 12.5 Å². The van der Waals surface area contributed by atoms with Gasteiger partial charge in [0.05, 0.1) is 6.04 Å². The fraction of sp³-hybridized carbons (Fsp3) is 0.176. The lowest BCUT2D eigenvalue weighted by atomic mass is 10.1. The zero-order valence-corrected chi connectivity index (χ0v) is 11.8. The third-order valence-electron chi connectivity index (χ3n) is 3.00. The van der Waals surface area contributed by atoms with E-state index in [1.807, 2.05) is 36.4 Å². The maximum absolute atomic E-state index is 12.1. The van der Waals surface area contributed by atoms with E-state index in [1.54, 1.807) is 31.2 Å². The van der Waals surface area contributed by atoms with Crippen LogP contribution in [0.4, 0.5) is 4.79 Å². The zero-order chi connectivity index (χ0) is 15.1. The van der Waals surface area contributed by atoms with Crippen LogP contribution in [0.15, 0.2) is 60.7 Å². The maximum atomic E-state index is 12.1. The van der Waals surface area contributed by atoms with E-state index in [0.29, 0.717) is 5.56 Å². The van der Waals surface area contributed by atoms with E-state index in [1.165, 1.54) is 0 Å². The molecule has 0 heterocycles. The molecule has 4 nitrogen and oxygen atoms in total. The Bertz CT molecular complexity index is 596. The number of ketones is 1. The third-order valence-corrected chi connectivity index (χ3v) is 3.00. The first-order chi connectivity index (χ1) is 10.2. The number of carbonyl (C=O) groups is 2. The van der Waals surface area contributed by atoms with Gasteiger partial charge in [-0.25, -0.2) is 4.79 Å². The first-order valence-corrected chi connectivity index (χ1v) is 6.73. The average molecular weight is 283 g/mol. The molecule has 1 N–H and O–H groups in total. The third kappa shape index (κ3) is 4.45. The fourth-order valence-electron chi connectivity index (χ4n) is 1.86. The highest BCUT2D eigenvalue weighted by atomic mass is 16.5. The van der Waals surface area contributed by atoms with Gasteiger partial charge in [0.1, 0.15) is 6.61 Å². The molecule has 1 amide bonds. The minimum Gasteiger partial charge on any atom is -0.445 e. The van der Waals surface area contributed by atoms with Crippen LogP contribution >= 0.6 is 0 Å². The molecule has 0 saturated carbocycles. The molecule has 0 fully saturated rings. The SMILES string of the molecule is CC(NC(=O)OCc1ccccc1)C(=O)c1ccccc1. The van der Waals surface area contributed by atoms with Crippen LogP contribution in [0.2, 0.25) is 0 Å². The van der Waals surface area contributed by atoms with Gasteiger partial charge in [-0.1, -0.05) is 60.7 Å². The van der Waals surface area contributed by atoms with Crippen molar-refractivity contribution < 1.29 is 14.3 Å². The second kappa shape index (κ2) is 7.24. The summed E-state index contributed by atoms with van der Waals surface area (Å²) in [5, 5.41) is 2.54. The first kappa shape index (κ1) is 14.8. The molecule has 0 aliphatic carbocycles. The largest absolute Gasteiger partial charge is 0.445 e. The van der Waals surface area contributed by atoms with Crippen molar-refractivity contribution >= 4 is 11.9 Å². The second-order valence-electron chi connectivity index (χ2n) is 4.66. The number of nitrogens with one attached hydrogen (secondary N) is 1. The van der Waals surface area contributed by atoms with E-state index >= 15 is 0 Å². The molecule has 4 heteroatoms. The molecule has 1 unspecified atom stereocenters.